The van der Waals surface area contributed by atoms with E-state index in [-0.39, 0.29) is 0 Å². The lowest BCUT2D eigenvalue weighted by atomic mass is 9.99. The van der Waals surface area contributed by atoms with Gasteiger partial charge in [-0.2, -0.15) is 10.4 Å². The van der Waals surface area contributed by atoms with Gasteiger partial charge in [0.05, 0.1) is 28.6 Å². The van der Waals surface area contributed by atoms with Crippen molar-refractivity contribution in [3.05, 3.63) is 66.2 Å². The van der Waals surface area contributed by atoms with Crippen LogP contribution in [0.5, 0.6) is 0 Å². The second-order valence-electron chi connectivity index (χ2n) is 7.56. The Labute approximate surface area is 174 Å². The first-order valence-corrected chi connectivity index (χ1v) is 9.71. The summed E-state index contributed by atoms with van der Waals surface area (Å²) in [5.74, 6) is 0.798. The van der Waals surface area contributed by atoms with Crippen molar-refractivity contribution in [2.45, 2.75) is 26.4 Å². The van der Waals surface area contributed by atoms with Gasteiger partial charge in [-0.05, 0) is 45.0 Å². The van der Waals surface area contributed by atoms with E-state index >= 15 is 0 Å². The number of fused-ring (bicyclic) bond motifs is 1. The van der Waals surface area contributed by atoms with E-state index < -0.39 is 5.60 Å². The molecule has 0 aliphatic heterocycles. The van der Waals surface area contributed by atoms with Crippen LogP contribution in [0.1, 0.15) is 31.9 Å². The Balaban J connectivity index is 1.86. The van der Waals surface area contributed by atoms with Crippen molar-refractivity contribution in [2.75, 3.05) is 11.9 Å². The van der Waals surface area contributed by atoms with Gasteiger partial charge in [0.1, 0.15) is 11.9 Å². The predicted octanol–water partition coefficient (Wildman–Crippen LogP) is 3.99. The molecule has 0 aliphatic rings. The van der Waals surface area contributed by atoms with Crippen LogP contribution in [0.3, 0.4) is 0 Å². The number of rotatable bonds is 5. The number of aromatic nitrogens is 4. The number of pyridine rings is 3. The van der Waals surface area contributed by atoms with Gasteiger partial charge in [-0.15, -0.1) is 0 Å². The molecule has 150 valence electrons. The molecule has 2 N–H and O–H groups in total. The van der Waals surface area contributed by atoms with Gasteiger partial charge in [0.2, 0.25) is 0 Å². The highest BCUT2D eigenvalue weighted by atomic mass is 16.3. The third kappa shape index (κ3) is 3.61. The van der Waals surface area contributed by atoms with E-state index in [1.165, 1.54) is 0 Å². The number of nitrogens with one attached hydrogen (secondary N) is 1. The van der Waals surface area contributed by atoms with Gasteiger partial charge in [0.25, 0.3) is 0 Å². The third-order valence-electron chi connectivity index (χ3n) is 4.93. The minimum Gasteiger partial charge on any atom is -0.386 e. The van der Waals surface area contributed by atoms with E-state index in [0.29, 0.717) is 5.56 Å². The van der Waals surface area contributed by atoms with Crippen LogP contribution in [-0.4, -0.2) is 31.2 Å². The van der Waals surface area contributed by atoms with Gasteiger partial charge in [0.15, 0.2) is 0 Å². The zero-order valence-electron chi connectivity index (χ0n) is 17.1. The molecule has 0 aromatic carbocycles. The number of hydrogen-bond donors (Lipinski definition) is 2. The number of nitriles is 1. The molecule has 0 atom stereocenters. The zero-order chi connectivity index (χ0) is 21.3. The maximum absolute atomic E-state index is 10.2. The number of anilines is 1. The second-order valence-corrected chi connectivity index (χ2v) is 7.56. The summed E-state index contributed by atoms with van der Waals surface area (Å²) in [6.45, 7) is 6.26. The van der Waals surface area contributed by atoms with Crippen LogP contribution in [0.4, 0.5) is 5.82 Å². The van der Waals surface area contributed by atoms with Crippen LogP contribution >= 0.6 is 0 Å². The number of nitrogens with zero attached hydrogens (tertiary/aromatic N) is 5. The summed E-state index contributed by atoms with van der Waals surface area (Å²) in [4.78, 5) is 9.00. The predicted molar refractivity (Wildman–Crippen MR) is 116 cm³/mol. The molecule has 0 amide bonds. The Hall–Kier alpha value is -3.76. The molecule has 7 heteroatoms. The lowest BCUT2D eigenvalue weighted by Crippen LogP contribution is -2.15. The first-order valence-electron chi connectivity index (χ1n) is 9.71. The average molecular weight is 398 g/mol. The molecule has 0 saturated carbocycles. The molecular weight excluding hydrogens is 376 g/mol. The van der Waals surface area contributed by atoms with Crippen molar-refractivity contribution in [1.82, 2.24) is 19.6 Å². The molecule has 0 unspecified atom stereocenters. The Morgan fingerprint density at radius 1 is 1.10 bits per heavy atom. The van der Waals surface area contributed by atoms with E-state index in [9.17, 15) is 10.4 Å². The van der Waals surface area contributed by atoms with E-state index in [4.69, 9.17) is 0 Å². The lowest BCUT2D eigenvalue weighted by molar-refractivity contribution is 0.0782. The molecule has 4 heterocycles. The van der Waals surface area contributed by atoms with Crippen LogP contribution in [0.25, 0.3) is 27.9 Å². The molecule has 30 heavy (non-hydrogen) atoms. The van der Waals surface area contributed by atoms with Crippen LogP contribution < -0.4 is 5.32 Å². The Morgan fingerprint density at radius 2 is 1.93 bits per heavy atom. The zero-order valence-corrected chi connectivity index (χ0v) is 17.1. The van der Waals surface area contributed by atoms with Crippen molar-refractivity contribution in [3.8, 4) is 28.5 Å². The van der Waals surface area contributed by atoms with Crippen LogP contribution in [0.15, 0.2) is 55.1 Å². The summed E-state index contributed by atoms with van der Waals surface area (Å²) in [5, 5.41) is 27.3. The first-order chi connectivity index (χ1) is 14.4. The fourth-order valence-electron chi connectivity index (χ4n) is 3.33. The first kappa shape index (κ1) is 19.6. The normalized spacial score (nSPS) is 11.4. The molecule has 0 bridgehead atoms. The van der Waals surface area contributed by atoms with Crippen molar-refractivity contribution in [1.29, 1.82) is 5.26 Å². The van der Waals surface area contributed by atoms with Crippen molar-refractivity contribution >= 4 is 11.3 Å². The van der Waals surface area contributed by atoms with Gasteiger partial charge in [0, 0.05) is 47.4 Å². The largest absolute Gasteiger partial charge is 0.386 e. The van der Waals surface area contributed by atoms with Gasteiger partial charge in [-0.3, -0.25) is 4.98 Å². The Bertz CT molecular complexity index is 1230. The van der Waals surface area contributed by atoms with E-state index in [2.05, 4.69) is 26.5 Å². The highest BCUT2D eigenvalue weighted by Gasteiger charge is 2.18. The average Bonchev–Trinajstić information content (AvgIpc) is 3.16. The summed E-state index contributed by atoms with van der Waals surface area (Å²) in [7, 11) is 0. The molecule has 0 spiro atoms. The second kappa shape index (κ2) is 7.58. The summed E-state index contributed by atoms with van der Waals surface area (Å²) >= 11 is 0. The molecule has 0 fully saturated rings. The molecule has 0 saturated heterocycles. The van der Waals surface area contributed by atoms with E-state index in [1.54, 1.807) is 37.0 Å². The number of hydrogen-bond acceptors (Lipinski definition) is 6. The van der Waals surface area contributed by atoms with Crippen molar-refractivity contribution in [3.63, 3.8) is 0 Å². The fourth-order valence-corrected chi connectivity index (χ4v) is 3.33. The molecular formula is C23H22N6O. The summed E-state index contributed by atoms with van der Waals surface area (Å²) in [5.41, 5.74) is 4.34. The van der Waals surface area contributed by atoms with Crippen LogP contribution in [0.2, 0.25) is 0 Å². The highest BCUT2D eigenvalue weighted by Crippen LogP contribution is 2.32. The van der Waals surface area contributed by atoms with Gasteiger partial charge in [-0.1, -0.05) is 6.07 Å². The van der Waals surface area contributed by atoms with Crippen molar-refractivity contribution in [2.24, 2.45) is 0 Å². The number of aliphatic hydroxyl groups is 1. The highest BCUT2D eigenvalue weighted by molar-refractivity contribution is 5.87. The monoisotopic (exact) mass is 398 g/mol. The smallest absolute Gasteiger partial charge is 0.125 e. The SMILES string of the molecule is CCNc1ccc(-c2cc(-c3ccc(C(C)(C)O)cn3)cn3ncc(C#N)c23)cn1. The molecule has 0 aliphatic carbocycles. The fraction of sp³-hybridized carbons (Fsp3) is 0.217. The molecule has 0 radical (unpaired) electrons. The standard InChI is InChI=1S/C23H22N6O/c1-4-25-21-8-5-15(11-27-21)19-9-16(14-29-22(19)17(10-24)12-28-29)20-7-6-18(13-26-20)23(2,3)30/h5-9,11-14,30H,4H2,1-3H3,(H,25,27). The molecule has 4 rings (SSSR count). The minimum absolute atomic E-state index is 0.498. The van der Waals surface area contributed by atoms with Gasteiger partial charge >= 0.3 is 0 Å². The molecule has 7 nitrogen and oxygen atoms in total. The summed E-state index contributed by atoms with van der Waals surface area (Å²) < 4.78 is 1.70. The van der Waals surface area contributed by atoms with Crippen LogP contribution in [-0.2, 0) is 5.60 Å². The van der Waals surface area contributed by atoms with Gasteiger partial charge in [-0.25, -0.2) is 9.50 Å². The Kier molecular flexibility index (Phi) is 4.94. The van der Waals surface area contributed by atoms with E-state index in [1.807, 2.05) is 43.5 Å². The van der Waals surface area contributed by atoms with Crippen LogP contribution in [0, 0.1) is 11.3 Å². The maximum atomic E-state index is 10.2. The Morgan fingerprint density at radius 3 is 2.53 bits per heavy atom. The lowest BCUT2D eigenvalue weighted by Gasteiger charge is -2.17. The topological polar surface area (TPSA) is 99.1 Å². The molecule has 4 aromatic heterocycles. The van der Waals surface area contributed by atoms with Crippen molar-refractivity contribution < 1.29 is 5.11 Å². The quantitative estimate of drug-likeness (QED) is 0.527. The molecule has 4 aromatic rings. The van der Waals surface area contributed by atoms with E-state index in [0.717, 1.165) is 45.8 Å². The van der Waals surface area contributed by atoms with Gasteiger partial charge < -0.3 is 10.4 Å². The maximum Gasteiger partial charge on any atom is 0.125 e. The summed E-state index contributed by atoms with van der Waals surface area (Å²) in [6.07, 6.45) is 6.88. The minimum atomic E-state index is -0.954. The summed E-state index contributed by atoms with van der Waals surface area (Å²) in [6, 6.07) is 11.8. The third-order valence-corrected chi connectivity index (χ3v) is 4.93.